The first-order valence-electron chi connectivity index (χ1n) is 14.5. The molecule has 0 aliphatic heterocycles. The molecule has 0 unspecified atom stereocenters. The topological polar surface area (TPSA) is 38.7 Å². The van der Waals surface area contributed by atoms with Crippen LogP contribution < -0.4 is 16.6 Å². The normalized spacial score (nSPS) is 10.8. The molecule has 43 heavy (non-hydrogen) atoms. The zero-order valence-electron chi connectivity index (χ0n) is 23.6. The number of rotatable bonds is 7. The van der Waals surface area contributed by atoms with E-state index in [1.807, 2.05) is 72.8 Å². The Labute approximate surface area is 252 Å². The van der Waals surface area contributed by atoms with Gasteiger partial charge in [0, 0.05) is 11.1 Å². The molecule has 0 spiro atoms. The fourth-order valence-corrected chi connectivity index (χ4v) is 5.44. The Morgan fingerprint density at radius 3 is 0.930 bits per heavy atom. The van der Waals surface area contributed by atoms with Crippen LogP contribution in [0, 0.1) is 0 Å². The van der Waals surface area contributed by atoms with E-state index in [0.717, 1.165) is 22.1 Å². The maximum absolute atomic E-state index is 5.12. The Morgan fingerprint density at radius 2 is 0.581 bits per heavy atom. The summed E-state index contributed by atoms with van der Waals surface area (Å²) in [5.41, 5.74) is 9.61. The summed E-state index contributed by atoms with van der Waals surface area (Å²) in [5.74, 6) is 1.33. The monoisotopic (exact) mass is 549 g/mol. The summed E-state index contributed by atoms with van der Waals surface area (Å²) >= 11 is 0. The molecule has 3 nitrogen and oxygen atoms in total. The minimum absolute atomic E-state index is 0.192. The summed E-state index contributed by atoms with van der Waals surface area (Å²) in [5, 5.41) is 0. The fraction of sp³-hybridized carbons (Fsp3) is 0. The van der Waals surface area contributed by atoms with Crippen molar-refractivity contribution in [2.75, 3.05) is 0 Å². The molecule has 1 aromatic heterocycles. The van der Waals surface area contributed by atoms with Crippen LogP contribution in [0.25, 0.3) is 45.0 Å². The van der Waals surface area contributed by atoms with E-state index < -0.39 is 0 Å². The van der Waals surface area contributed by atoms with Crippen molar-refractivity contribution in [2.45, 2.75) is 0 Å². The van der Waals surface area contributed by atoms with Gasteiger partial charge >= 0.3 is 0 Å². The van der Waals surface area contributed by atoms with Gasteiger partial charge in [0.05, 0.1) is 0 Å². The minimum Gasteiger partial charge on any atom is -0.223 e. The largest absolute Gasteiger partial charge is 0.290 e. The Balaban J connectivity index is 1.39. The SMILES string of the molecule is c1ccc(-c2ccc(B(c3ccc(-c4ccccc4)cc3)c3nc(-c4ccccc4)nc(-c4ccccc4)n3)cc2)cc1. The summed E-state index contributed by atoms with van der Waals surface area (Å²) in [6.45, 7) is -0.192. The van der Waals surface area contributed by atoms with Crippen LogP contribution in [0.4, 0.5) is 0 Å². The van der Waals surface area contributed by atoms with Gasteiger partial charge in [-0.05, 0) is 22.3 Å². The highest BCUT2D eigenvalue weighted by Crippen LogP contribution is 2.21. The van der Waals surface area contributed by atoms with E-state index in [9.17, 15) is 0 Å². The van der Waals surface area contributed by atoms with E-state index in [0.29, 0.717) is 17.4 Å². The Kier molecular flexibility index (Phi) is 7.40. The molecule has 6 aromatic carbocycles. The maximum Gasteiger partial charge on any atom is 0.290 e. The molecule has 7 rings (SSSR count). The van der Waals surface area contributed by atoms with Gasteiger partial charge in [-0.1, -0.05) is 181 Å². The smallest absolute Gasteiger partial charge is 0.223 e. The van der Waals surface area contributed by atoms with E-state index >= 15 is 0 Å². The number of nitrogens with zero attached hydrogens (tertiary/aromatic N) is 3. The Morgan fingerprint density at radius 1 is 0.279 bits per heavy atom. The first-order valence-corrected chi connectivity index (χ1v) is 14.5. The highest BCUT2D eigenvalue weighted by atomic mass is 15.0. The van der Waals surface area contributed by atoms with Crippen LogP contribution in [0.5, 0.6) is 0 Å². The molecule has 202 valence electrons. The molecule has 0 aliphatic carbocycles. The second kappa shape index (κ2) is 12.1. The van der Waals surface area contributed by atoms with Gasteiger partial charge in [0.15, 0.2) is 11.6 Å². The van der Waals surface area contributed by atoms with Crippen molar-refractivity contribution in [3.05, 3.63) is 170 Å². The molecule has 0 radical (unpaired) electrons. The quantitative estimate of drug-likeness (QED) is 0.200. The van der Waals surface area contributed by atoms with E-state index in [1.54, 1.807) is 0 Å². The van der Waals surface area contributed by atoms with E-state index in [4.69, 9.17) is 15.0 Å². The van der Waals surface area contributed by atoms with Gasteiger partial charge < -0.3 is 0 Å². The molecular formula is C39H28BN3. The lowest BCUT2D eigenvalue weighted by atomic mass is 9.40. The summed E-state index contributed by atoms with van der Waals surface area (Å²) in [4.78, 5) is 15.2. The lowest BCUT2D eigenvalue weighted by Crippen LogP contribution is -2.54. The second-order valence-electron chi connectivity index (χ2n) is 10.5. The standard InChI is InChI=1S/C39H28BN3/c1-5-13-29(14-6-1)31-21-25-35(26-22-31)40(36-27-23-32(24-28-36)30-15-7-2-8-16-30)39-42-37(33-17-9-3-10-18-33)41-38(43-39)34-19-11-4-12-20-34/h1-28H. The lowest BCUT2D eigenvalue weighted by molar-refractivity contribution is 1.10. The third-order valence-corrected chi connectivity index (χ3v) is 7.68. The van der Waals surface area contributed by atoms with Gasteiger partial charge in [0.1, 0.15) is 5.72 Å². The minimum atomic E-state index is -0.192. The lowest BCUT2D eigenvalue weighted by Gasteiger charge is -2.17. The van der Waals surface area contributed by atoms with Crippen LogP contribution in [0.2, 0.25) is 0 Å². The summed E-state index contributed by atoms with van der Waals surface area (Å²) in [6.07, 6.45) is 0. The van der Waals surface area contributed by atoms with Crippen LogP contribution in [0.1, 0.15) is 0 Å². The summed E-state index contributed by atoms with van der Waals surface area (Å²) in [7, 11) is 0. The van der Waals surface area contributed by atoms with Gasteiger partial charge in [0.25, 0.3) is 6.71 Å². The van der Waals surface area contributed by atoms with Gasteiger partial charge in [-0.2, -0.15) is 0 Å². The summed E-state index contributed by atoms with van der Waals surface area (Å²) < 4.78 is 0. The number of hydrogen-bond donors (Lipinski definition) is 0. The third-order valence-electron chi connectivity index (χ3n) is 7.68. The molecule has 0 saturated carbocycles. The molecule has 0 atom stereocenters. The van der Waals surface area contributed by atoms with Gasteiger partial charge in [-0.15, -0.1) is 0 Å². The molecule has 4 heteroatoms. The highest BCUT2D eigenvalue weighted by Gasteiger charge is 2.27. The predicted octanol–water partition coefficient (Wildman–Crippen LogP) is 7.06. The molecule has 0 bridgehead atoms. The van der Waals surface area contributed by atoms with Crippen molar-refractivity contribution in [2.24, 2.45) is 0 Å². The van der Waals surface area contributed by atoms with Crippen molar-refractivity contribution in [3.63, 3.8) is 0 Å². The van der Waals surface area contributed by atoms with Crippen LogP contribution in [-0.4, -0.2) is 21.7 Å². The number of benzene rings is 6. The van der Waals surface area contributed by atoms with Crippen LogP contribution >= 0.6 is 0 Å². The number of hydrogen-bond acceptors (Lipinski definition) is 3. The molecule has 7 aromatic rings. The number of aromatic nitrogens is 3. The average molecular weight is 549 g/mol. The van der Waals surface area contributed by atoms with Crippen LogP contribution in [0.3, 0.4) is 0 Å². The first kappa shape index (κ1) is 26.3. The first-order chi connectivity index (χ1) is 21.3. The molecule has 0 N–H and O–H groups in total. The fourth-order valence-electron chi connectivity index (χ4n) is 5.44. The van der Waals surface area contributed by atoms with E-state index in [-0.39, 0.29) is 6.71 Å². The Bertz CT molecular complexity index is 1790. The molecular weight excluding hydrogens is 521 g/mol. The third kappa shape index (κ3) is 5.77. The predicted molar refractivity (Wildman–Crippen MR) is 179 cm³/mol. The van der Waals surface area contributed by atoms with Crippen molar-refractivity contribution in [3.8, 4) is 45.0 Å². The molecule has 0 saturated heterocycles. The van der Waals surface area contributed by atoms with Crippen LogP contribution in [-0.2, 0) is 0 Å². The molecule has 0 amide bonds. The highest BCUT2D eigenvalue weighted by molar-refractivity contribution is 6.94. The molecule has 0 aliphatic rings. The average Bonchev–Trinajstić information content (AvgIpc) is 3.10. The Hall–Kier alpha value is -5.61. The van der Waals surface area contributed by atoms with Crippen molar-refractivity contribution in [1.82, 2.24) is 15.0 Å². The van der Waals surface area contributed by atoms with Gasteiger partial charge in [-0.25, -0.2) is 15.0 Å². The zero-order chi connectivity index (χ0) is 28.8. The van der Waals surface area contributed by atoms with E-state index in [2.05, 4.69) is 97.1 Å². The zero-order valence-corrected chi connectivity index (χ0v) is 23.6. The van der Waals surface area contributed by atoms with Crippen molar-refractivity contribution in [1.29, 1.82) is 0 Å². The van der Waals surface area contributed by atoms with Crippen molar-refractivity contribution >= 4 is 23.4 Å². The summed E-state index contributed by atoms with van der Waals surface area (Å²) in [6, 6.07) is 58.8. The van der Waals surface area contributed by atoms with Crippen molar-refractivity contribution < 1.29 is 0 Å². The van der Waals surface area contributed by atoms with E-state index in [1.165, 1.54) is 22.3 Å². The maximum atomic E-state index is 5.12. The van der Waals surface area contributed by atoms with Gasteiger partial charge in [-0.3, -0.25) is 0 Å². The molecule has 0 fully saturated rings. The van der Waals surface area contributed by atoms with Gasteiger partial charge in [0.2, 0.25) is 0 Å². The molecule has 1 heterocycles. The second-order valence-corrected chi connectivity index (χ2v) is 10.5. The van der Waals surface area contributed by atoms with Crippen LogP contribution in [0.15, 0.2) is 170 Å².